The number of carbonyl (C=O) groups is 1. The molecule has 84 valence electrons. The number of amides is 1. The van der Waals surface area contributed by atoms with E-state index >= 15 is 0 Å². The molecule has 4 heteroatoms. The molecule has 2 N–H and O–H groups in total. The minimum Gasteiger partial charge on any atom is -0.349 e. The van der Waals surface area contributed by atoms with Crippen LogP contribution in [0.4, 0.5) is 0 Å². The van der Waals surface area contributed by atoms with Crippen molar-refractivity contribution in [3.8, 4) is 0 Å². The molecule has 0 spiro atoms. The molecule has 1 aliphatic heterocycles. The zero-order chi connectivity index (χ0) is 11.0. The number of aromatic nitrogens is 1. The summed E-state index contributed by atoms with van der Waals surface area (Å²) >= 11 is 0. The van der Waals surface area contributed by atoms with E-state index < -0.39 is 0 Å². The van der Waals surface area contributed by atoms with Gasteiger partial charge in [0.05, 0.1) is 0 Å². The van der Waals surface area contributed by atoms with Crippen LogP contribution in [0.2, 0.25) is 0 Å². The molecule has 0 radical (unpaired) electrons. The number of fused-ring (bicyclic) bond motifs is 1. The van der Waals surface area contributed by atoms with Crippen LogP contribution in [0.15, 0.2) is 24.4 Å². The minimum atomic E-state index is -0.0773. The fourth-order valence-electron chi connectivity index (χ4n) is 2.47. The largest absolute Gasteiger partial charge is 0.349 e. The third kappa shape index (κ3) is 1.80. The molecular formula is C12H15N3O. The predicted octanol–water partition coefficient (Wildman–Crippen LogP) is 0.419. The Bertz CT molecular complexity index is 393. The normalized spacial score (nSPS) is 30.9. The highest BCUT2D eigenvalue weighted by Crippen LogP contribution is 2.44. The highest BCUT2D eigenvalue weighted by Gasteiger charge is 2.47. The molecule has 2 aliphatic rings. The third-order valence-corrected chi connectivity index (χ3v) is 3.52. The Morgan fingerprint density at radius 1 is 1.56 bits per heavy atom. The summed E-state index contributed by atoms with van der Waals surface area (Å²) in [5.41, 5.74) is 0.493. The average Bonchev–Trinajstić information content (AvgIpc) is 3.01. The smallest absolute Gasteiger partial charge is 0.269 e. The molecule has 2 heterocycles. The first-order valence-electron chi connectivity index (χ1n) is 5.77. The van der Waals surface area contributed by atoms with Gasteiger partial charge in [-0.1, -0.05) is 6.07 Å². The third-order valence-electron chi connectivity index (χ3n) is 3.52. The van der Waals surface area contributed by atoms with Crippen LogP contribution in [0.5, 0.6) is 0 Å². The van der Waals surface area contributed by atoms with Crippen LogP contribution in [0.3, 0.4) is 0 Å². The van der Waals surface area contributed by atoms with Crippen LogP contribution in [-0.2, 0) is 0 Å². The van der Waals surface area contributed by atoms with Gasteiger partial charge in [-0.25, -0.2) is 0 Å². The van der Waals surface area contributed by atoms with Crippen LogP contribution in [0.1, 0.15) is 16.9 Å². The van der Waals surface area contributed by atoms with Crippen molar-refractivity contribution in [2.24, 2.45) is 11.8 Å². The van der Waals surface area contributed by atoms with Gasteiger partial charge < -0.3 is 10.6 Å². The summed E-state index contributed by atoms with van der Waals surface area (Å²) in [6, 6.07) is 5.84. The minimum absolute atomic E-state index is 0.0773. The molecule has 2 fully saturated rings. The first-order valence-corrected chi connectivity index (χ1v) is 5.77. The van der Waals surface area contributed by atoms with E-state index in [1.54, 1.807) is 12.3 Å². The summed E-state index contributed by atoms with van der Waals surface area (Å²) in [6.07, 6.45) is 2.97. The van der Waals surface area contributed by atoms with Gasteiger partial charge in [0, 0.05) is 18.8 Å². The molecule has 0 bridgehead atoms. The Balaban J connectivity index is 1.53. The number of nitrogens with one attached hydrogen (secondary N) is 2. The van der Waals surface area contributed by atoms with Gasteiger partial charge in [-0.3, -0.25) is 9.78 Å². The van der Waals surface area contributed by atoms with Gasteiger partial charge >= 0.3 is 0 Å². The van der Waals surface area contributed by atoms with E-state index in [9.17, 15) is 4.79 Å². The van der Waals surface area contributed by atoms with Crippen molar-refractivity contribution in [1.82, 2.24) is 15.6 Å². The Hall–Kier alpha value is -1.42. The van der Waals surface area contributed by atoms with Crippen molar-refractivity contribution >= 4 is 5.91 Å². The fraction of sp³-hybridized carbons (Fsp3) is 0.500. The van der Waals surface area contributed by atoms with Gasteiger partial charge in [-0.2, -0.15) is 0 Å². The van der Waals surface area contributed by atoms with Crippen molar-refractivity contribution in [3.63, 3.8) is 0 Å². The molecule has 3 rings (SSSR count). The molecule has 1 aromatic heterocycles. The lowest BCUT2D eigenvalue weighted by Crippen LogP contribution is -2.39. The van der Waals surface area contributed by atoms with Gasteiger partial charge in [0.15, 0.2) is 0 Å². The number of rotatable bonds is 3. The second-order valence-corrected chi connectivity index (χ2v) is 4.60. The molecule has 0 aromatic carbocycles. The monoisotopic (exact) mass is 217 g/mol. The van der Waals surface area contributed by atoms with Crippen LogP contribution < -0.4 is 10.6 Å². The lowest BCUT2D eigenvalue weighted by molar-refractivity contribution is 0.0944. The number of hydrogen-bond donors (Lipinski definition) is 2. The topological polar surface area (TPSA) is 54.0 Å². The van der Waals surface area contributed by atoms with Gasteiger partial charge in [-0.05, 0) is 36.9 Å². The zero-order valence-corrected chi connectivity index (χ0v) is 9.02. The SMILES string of the molecule is O=C(NC[C@H]1NC[C@H]2C[C@H]21)c1ccccn1. The molecule has 1 saturated heterocycles. The first-order chi connectivity index (χ1) is 7.84. The molecule has 1 aromatic rings. The quantitative estimate of drug-likeness (QED) is 0.771. The molecule has 16 heavy (non-hydrogen) atoms. The maximum Gasteiger partial charge on any atom is 0.269 e. The maximum atomic E-state index is 11.7. The number of nitrogens with zero attached hydrogens (tertiary/aromatic N) is 1. The molecule has 1 aliphatic carbocycles. The number of hydrogen-bond acceptors (Lipinski definition) is 3. The standard InChI is InChI=1S/C12H15N3O/c16-12(10-3-1-2-4-13-10)15-7-11-9-5-8(9)6-14-11/h1-4,8-9,11,14H,5-7H2,(H,15,16)/t8-,9-,11-/m1/s1. The first kappa shape index (κ1) is 9.78. The summed E-state index contributed by atoms with van der Waals surface area (Å²) in [4.78, 5) is 15.7. The lowest BCUT2D eigenvalue weighted by atomic mass is 10.2. The molecule has 0 unspecified atom stereocenters. The summed E-state index contributed by atoms with van der Waals surface area (Å²) in [5.74, 6) is 1.59. The van der Waals surface area contributed by atoms with E-state index in [2.05, 4.69) is 15.6 Å². The molecular weight excluding hydrogens is 202 g/mol. The van der Waals surface area contributed by atoms with E-state index in [1.165, 1.54) is 6.42 Å². The van der Waals surface area contributed by atoms with Gasteiger partial charge in [-0.15, -0.1) is 0 Å². The number of carbonyl (C=O) groups excluding carboxylic acids is 1. The van der Waals surface area contributed by atoms with Crippen molar-refractivity contribution in [1.29, 1.82) is 0 Å². The average molecular weight is 217 g/mol. The predicted molar refractivity (Wildman–Crippen MR) is 60.0 cm³/mol. The number of piperidine rings is 1. The van der Waals surface area contributed by atoms with Gasteiger partial charge in [0.1, 0.15) is 5.69 Å². The summed E-state index contributed by atoms with van der Waals surface area (Å²) in [6.45, 7) is 1.84. The summed E-state index contributed by atoms with van der Waals surface area (Å²) in [5, 5.41) is 6.36. The Morgan fingerprint density at radius 2 is 2.50 bits per heavy atom. The van der Waals surface area contributed by atoms with E-state index in [0.717, 1.165) is 24.9 Å². The second kappa shape index (κ2) is 3.87. The zero-order valence-electron chi connectivity index (χ0n) is 9.02. The van der Waals surface area contributed by atoms with Crippen LogP contribution >= 0.6 is 0 Å². The van der Waals surface area contributed by atoms with Gasteiger partial charge in [0.25, 0.3) is 5.91 Å². The molecule has 1 saturated carbocycles. The van der Waals surface area contributed by atoms with E-state index in [-0.39, 0.29) is 5.91 Å². The lowest BCUT2D eigenvalue weighted by Gasteiger charge is -2.13. The van der Waals surface area contributed by atoms with E-state index in [4.69, 9.17) is 0 Å². The van der Waals surface area contributed by atoms with E-state index in [0.29, 0.717) is 11.7 Å². The van der Waals surface area contributed by atoms with Crippen LogP contribution in [0.25, 0.3) is 0 Å². The van der Waals surface area contributed by atoms with Crippen molar-refractivity contribution in [2.45, 2.75) is 12.5 Å². The number of pyridine rings is 1. The second-order valence-electron chi connectivity index (χ2n) is 4.60. The molecule has 1 amide bonds. The maximum absolute atomic E-state index is 11.7. The van der Waals surface area contributed by atoms with Gasteiger partial charge in [0.2, 0.25) is 0 Å². The Labute approximate surface area is 94.5 Å². The van der Waals surface area contributed by atoms with E-state index in [1.807, 2.05) is 12.1 Å². The van der Waals surface area contributed by atoms with Crippen molar-refractivity contribution < 1.29 is 4.79 Å². The van der Waals surface area contributed by atoms with Crippen LogP contribution in [0, 0.1) is 11.8 Å². The Kier molecular flexibility index (Phi) is 2.36. The van der Waals surface area contributed by atoms with Crippen LogP contribution in [-0.4, -0.2) is 30.0 Å². The fourth-order valence-corrected chi connectivity index (χ4v) is 2.47. The highest BCUT2D eigenvalue weighted by molar-refractivity contribution is 5.92. The summed E-state index contributed by atoms with van der Waals surface area (Å²) < 4.78 is 0. The molecule has 3 atom stereocenters. The van der Waals surface area contributed by atoms with Crippen molar-refractivity contribution in [2.75, 3.05) is 13.1 Å². The Morgan fingerprint density at radius 3 is 3.12 bits per heavy atom. The highest BCUT2D eigenvalue weighted by atomic mass is 16.1. The summed E-state index contributed by atoms with van der Waals surface area (Å²) in [7, 11) is 0. The van der Waals surface area contributed by atoms with Crippen molar-refractivity contribution in [3.05, 3.63) is 30.1 Å². The molecule has 4 nitrogen and oxygen atoms in total.